The molecular formula is C46H54N4O. The van der Waals surface area contributed by atoms with E-state index in [1.54, 1.807) is 5.57 Å². The van der Waals surface area contributed by atoms with E-state index in [4.69, 9.17) is 14.8 Å². The number of nitrogens with zero attached hydrogens (tertiary/aromatic N) is 4. The summed E-state index contributed by atoms with van der Waals surface area (Å²) in [6.45, 7) is 18.2. The Bertz CT molecular complexity index is 2220. The second-order valence-corrected chi connectivity index (χ2v) is 15.1. The summed E-state index contributed by atoms with van der Waals surface area (Å²) in [4.78, 5) is 4.86. The van der Waals surface area contributed by atoms with Crippen LogP contribution in [-0.2, 0) is 6.42 Å². The Morgan fingerprint density at radius 2 is 1.69 bits per heavy atom. The third-order valence-electron chi connectivity index (χ3n) is 11.2. The van der Waals surface area contributed by atoms with E-state index in [1.807, 2.05) is 6.20 Å². The maximum atomic E-state index is 6.79. The van der Waals surface area contributed by atoms with Gasteiger partial charge in [0.25, 0.3) is 0 Å². The van der Waals surface area contributed by atoms with Crippen molar-refractivity contribution in [1.29, 1.82) is 0 Å². The molecule has 1 aliphatic rings. The highest BCUT2D eigenvalue weighted by molar-refractivity contribution is 6.09. The Morgan fingerprint density at radius 1 is 0.882 bits per heavy atom. The average Bonchev–Trinajstić information content (AvgIpc) is 3.62. The minimum absolute atomic E-state index is 0.332. The number of fused-ring (bicyclic) bond motifs is 3. The summed E-state index contributed by atoms with van der Waals surface area (Å²) in [5.74, 6) is 4.58. The number of allylic oxidation sites excluding steroid dienone is 2. The van der Waals surface area contributed by atoms with E-state index in [9.17, 15) is 0 Å². The molecule has 0 radical (unpaired) electrons. The van der Waals surface area contributed by atoms with Crippen molar-refractivity contribution in [1.82, 2.24) is 19.3 Å². The third kappa shape index (κ3) is 6.64. The van der Waals surface area contributed by atoms with Crippen molar-refractivity contribution in [3.8, 4) is 23.0 Å². The van der Waals surface area contributed by atoms with Gasteiger partial charge in [0.2, 0.25) is 0 Å². The van der Waals surface area contributed by atoms with Gasteiger partial charge < -0.3 is 4.74 Å². The first kappa shape index (κ1) is 34.8. The van der Waals surface area contributed by atoms with Gasteiger partial charge in [-0.05, 0) is 111 Å². The number of aryl methyl sites for hydroxylation is 2. The SMILES string of the molecule is CCCCc1ccnc(-n2c3ccccc3c3ccc(Oc4cc(C(C)C)cc(-n5nc(C)c([C@H]6C(CC)=C[C@H](C)CC6CC)c5C)c4)cc32)c1. The predicted octanol–water partition coefficient (Wildman–Crippen LogP) is 12.7. The normalized spacial score (nSPS) is 17.8. The smallest absolute Gasteiger partial charge is 0.137 e. The first-order valence-corrected chi connectivity index (χ1v) is 19.3. The van der Waals surface area contributed by atoms with E-state index in [1.165, 1.54) is 58.8 Å². The van der Waals surface area contributed by atoms with Gasteiger partial charge in [-0.2, -0.15) is 5.10 Å². The molecule has 5 nitrogen and oxygen atoms in total. The molecule has 0 N–H and O–H groups in total. The van der Waals surface area contributed by atoms with Crippen LogP contribution >= 0.6 is 0 Å². The fraction of sp³-hybridized carbons (Fsp3) is 0.391. The minimum Gasteiger partial charge on any atom is -0.457 e. The number of ether oxygens (including phenoxy) is 1. The lowest BCUT2D eigenvalue weighted by Gasteiger charge is -2.35. The van der Waals surface area contributed by atoms with Crippen LogP contribution < -0.4 is 4.74 Å². The Hall–Kier alpha value is -4.64. The zero-order valence-electron chi connectivity index (χ0n) is 31.8. The summed E-state index contributed by atoms with van der Waals surface area (Å²) in [6.07, 6.45) is 11.4. The van der Waals surface area contributed by atoms with E-state index < -0.39 is 0 Å². The number of hydrogen-bond acceptors (Lipinski definition) is 3. The molecular weight excluding hydrogens is 625 g/mol. The third-order valence-corrected chi connectivity index (χ3v) is 11.2. The summed E-state index contributed by atoms with van der Waals surface area (Å²) < 4.78 is 11.2. The average molecular weight is 679 g/mol. The highest BCUT2D eigenvalue weighted by Gasteiger charge is 2.34. The van der Waals surface area contributed by atoms with Crippen LogP contribution in [0.2, 0.25) is 0 Å². The van der Waals surface area contributed by atoms with Crippen molar-refractivity contribution in [2.75, 3.05) is 0 Å². The molecule has 5 heteroatoms. The lowest BCUT2D eigenvalue weighted by Crippen LogP contribution is -2.23. The van der Waals surface area contributed by atoms with Crippen LogP contribution in [0.4, 0.5) is 0 Å². The standard InChI is InChI=1S/C46H54N4O/c1-9-12-15-33-20-21-47-44(24-33)49-42-17-14-13-16-40(42)41-19-18-38(28-43(41)49)51-39-26-36(29(4)5)25-37(27-39)50-32(8)45(31(7)48-50)46-34(10-2)22-30(6)23-35(46)11-3/h13-14,16-22,24-30,35,46H,9-12,15,23H2,1-8H3/t30-,35?,46-/m0/s1. The number of aromatic nitrogens is 4. The monoisotopic (exact) mass is 678 g/mol. The van der Waals surface area contributed by atoms with Gasteiger partial charge in [0.1, 0.15) is 17.3 Å². The molecule has 1 unspecified atom stereocenters. The molecule has 51 heavy (non-hydrogen) atoms. The summed E-state index contributed by atoms with van der Waals surface area (Å²) in [6, 6.07) is 26.1. The van der Waals surface area contributed by atoms with Crippen molar-refractivity contribution in [3.05, 3.63) is 119 Å². The molecule has 1 aliphatic carbocycles. The molecule has 0 spiro atoms. The molecule has 0 fully saturated rings. The molecule has 0 saturated carbocycles. The molecule has 6 aromatic rings. The van der Waals surface area contributed by atoms with Crippen molar-refractivity contribution < 1.29 is 4.74 Å². The Kier molecular flexibility index (Phi) is 9.92. The fourth-order valence-electron chi connectivity index (χ4n) is 8.61. The summed E-state index contributed by atoms with van der Waals surface area (Å²) in [7, 11) is 0. The fourth-order valence-corrected chi connectivity index (χ4v) is 8.61. The second kappa shape index (κ2) is 14.5. The molecule has 264 valence electrons. The number of pyridine rings is 1. The van der Waals surface area contributed by atoms with Crippen LogP contribution in [0, 0.1) is 25.7 Å². The van der Waals surface area contributed by atoms with Crippen LogP contribution in [-0.4, -0.2) is 19.3 Å². The van der Waals surface area contributed by atoms with E-state index in [-0.39, 0.29) is 0 Å². The van der Waals surface area contributed by atoms with Crippen LogP contribution in [0.15, 0.2) is 90.6 Å². The lowest BCUT2D eigenvalue weighted by molar-refractivity contribution is 0.347. The van der Waals surface area contributed by atoms with E-state index in [2.05, 4.69) is 144 Å². The first-order chi connectivity index (χ1) is 24.7. The molecule has 3 aromatic heterocycles. The zero-order valence-corrected chi connectivity index (χ0v) is 31.8. The molecule has 0 amide bonds. The Morgan fingerprint density at radius 3 is 2.45 bits per heavy atom. The zero-order chi connectivity index (χ0) is 35.8. The highest BCUT2D eigenvalue weighted by Crippen LogP contribution is 2.46. The van der Waals surface area contributed by atoms with Gasteiger partial charge in [-0.1, -0.05) is 84.2 Å². The molecule has 0 saturated heterocycles. The Balaban J connectivity index is 1.30. The van der Waals surface area contributed by atoms with Crippen molar-refractivity contribution >= 4 is 21.8 Å². The molecule has 0 bridgehead atoms. The van der Waals surface area contributed by atoms with Crippen LogP contribution in [0.1, 0.15) is 114 Å². The van der Waals surface area contributed by atoms with Crippen molar-refractivity contribution in [2.45, 2.75) is 106 Å². The lowest BCUT2D eigenvalue weighted by atomic mass is 9.69. The van der Waals surface area contributed by atoms with Crippen molar-refractivity contribution in [2.24, 2.45) is 11.8 Å². The maximum absolute atomic E-state index is 6.79. The van der Waals surface area contributed by atoms with Gasteiger partial charge in [-0.25, -0.2) is 9.67 Å². The van der Waals surface area contributed by atoms with Gasteiger partial charge in [-0.3, -0.25) is 4.57 Å². The van der Waals surface area contributed by atoms with E-state index >= 15 is 0 Å². The summed E-state index contributed by atoms with van der Waals surface area (Å²) in [5, 5.41) is 7.62. The Labute approximate surface area is 304 Å². The molecule has 3 heterocycles. The quantitative estimate of drug-likeness (QED) is 0.128. The number of benzene rings is 3. The van der Waals surface area contributed by atoms with Gasteiger partial charge in [0, 0.05) is 46.3 Å². The predicted molar refractivity (Wildman–Crippen MR) is 213 cm³/mol. The second-order valence-electron chi connectivity index (χ2n) is 15.1. The molecule has 3 aromatic carbocycles. The van der Waals surface area contributed by atoms with Crippen LogP contribution in [0.3, 0.4) is 0 Å². The van der Waals surface area contributed by atoms with Crippen LogP contribution in [0.5, 0.6) is 11.5 Å². The molecule has 3 atom stereocenters. The van der Waals surface area contributed by atoms with E-state index in [0.29, 0.717) is 23.7 Å². The number of rotatable bonds is 11. The molecule has 0 aliphatic heterocycles. The van der Waals surface area contributed by atoms with Crippen molar-refractivity contribution in [3.63, 3.8) is 0 Å². The van der Waals surface area contributed by atoms with E-state index in [0.717, 1.165) is 52.6 Å². The van der Waals surface area contributed by atoms with Gasteiger partial charge in [-0.15, -0.1) is 0 Å². The molecule has 7 rings (SSSR count). The first-order valence-electron chi connectivity index (χ1n) is 19.3. The summed E-state index contributed by atoms with van der Waals surface area (Å²) in [5.41, 5.74) is 11.2. The largest absolute Gasteiger partial charge is 0.457 e. The van der Waals surface area contributed by atoms with Gasteiger partial charge in [0.05, 0.1) is 22.4 Å². The number of unbranched alkanes of at least 4 members (excludes halogenated alkanes) is 1. The summed E-state index contributed by atoms with van der Waals surface area (Å²) >= 11 is 0. The highest BCUT2D eigenvalue weighted by atomic mass is 16.5. The maximum Gasteiger partial charge on any atom is 0.137 e. The van der Waals surface area contributed by atoms with Gasteiger partial charge in [0.15, 0.2) is 0 Å². The topological polar surface area (TPSA) is 44.9 Å². The number of hydrogen-bond donors (Lipinski definition) is 0. The van der Waals surface area contributed by atoms with Gasteiger partial charge >= 0.3 is 0 Å². The minimum atomic E-state index is 0.332. The number of para-hydroxylation sites is 1. The van der Waals surface area contributed by atoms with Crippen LogP contribution in [0.25, 0.3) is 33.3 Å².